The minimum Gasteiger partial charge on any atom is -0.492 e. The predicted molar refractivity (Wildman–Crippen MR) is 116 cm³/mol. The molecule has 0 aliphatic carbocycles. The van der Waals surface area contributed by atoms with E-state index in [1.54, 1.807) is 24.3 Å². The molecule has 2 aromatic carbocycles. The molecule has 2 amide bonds. The van der Waals surface area contributed by atoms with Crippen LogP contribution in [0.5, 0.6) is 5.75 Å². The van der Waals surface area contributed by atoms with Crippen molar-refractivity contribution in [3.8, 4) is 5.75 Å². The molecular weight excluding hydrogens is 364 g/mol. The summed E-state index contributed by atoms with van der Waals surface area (Å²) in [7, 11) is 0. The van der Waals surface area contributed by atoms with Crippen LogP contribution >= 0.6 is 0 Å². The van der Waals surface area contributed by atoms with Crippen molar-refractivity contribution >= 4 is 17.5 Å². The second-order valence-corrected chi connectivity index (χ2v) is 7.91. The zero-order valence-electron chi connectivity index (χ0n) is 17.3. The molecule has 0 aromatic heterocycles. The molecule has 0 unspecified atom stereocenters. The van der Waals surface area contributed by atoms with Gasteiger partial charge in [0.2, 0.25) is 0 Å². The Bertz CT molecular complexity index is 840. The summed E-state index contributed by atoms with van der Waals surface area (Å²) >= 11 is 0. The van der Waals surface area contributed by atoms with Crippen LogP contribution in [0.3, 0.4) is 0 Å². The Morgan fingerprint density at radius 2 is 1.55 bits per heavy atom. The molecule has 0 spiro atoms. The summed E-state index contributed by atoms with van der Waals surface area (Å²) in [5.74, 6) is 0.612. The number of nitrogens with zero attached hydrogens (tertiary/aromatic N) is 1. The van der Waals surface area contributed by atoms with Gasteiger partial charge in [-0.2, -0.15) is 0 Å². The van der Waals surface area contributed by atoms with Gasteiger partial charge in [0.1, 0.15) is 5.75 Å². The highest BCUT2D eigenvalue weighted by atomic mass is 16.5. The number of hydrogen-bond acceptors (Lipinski definition) is 3. The molecule has 1 N–H and O–H groups in total. The van der Waals surface area contributed by atoms with Crippen LogP contribution in [-0.2, 0) is 0 Å². The third-order valence-corrected chi connectivity index (χ3v) is 5.00. The number of rotatable bonds is 6. The second-order valence-electron chi connectivity index (χ2n) is 7.91. The van der Waals surface area contributed by atoms with Gasteiger partial charge in [0.15, 0.2) is 0 Å². The average molecular weight is 395 g/mol. The average Bonchev–Trinajstić information content (AvgIpc) is 3.02. The lowest BCUT2D eigenvalue weighted by atomic mass is 10.1. The molecule has 1 aliphatic heterocycles. The Morgan fingerprint density at radius 3 is 2.24 bits per heavy atom. The van der Waals surface area contributed by atoms with Gasteiger partial charge in [0, 0.05) is 13.1 Å². The molecule has 0 atom stereocenters. The van der Waals surface area contributed by atoms with E-state index >= 15 is 0 Å². The number of carbonyl (C=O) groups excluding carboxylic acids is 2. The summed E-state index contributed by atoms with van der Waals surface area (Å²) in [6.45, 7) is 6.20. The molecule has 3 rings (SSSR count). The number of carbonyl (C=O) groups is 2. The van der Waals surface area contributed by atoms with Gasteiger partial charge in [0.05, 0.1) is 23.4 Å². The minimum atomic E-state index is -0.277. The van der Waals surface area contributed by atoms with Gasteiger partial charge in [-0.15, -0.1) is 0 Å². The van der Waals surface area contributed by atoms with Crippen molar-refractivity contribution in [2.45, 2.75) is 39.5 Å². The SMILES string of the molecule is CC(C)COc1ccccc1C(=O)Nc1ccccc1C(=O)N1CCCCCC1. The standard InChI is InChI=1S/C24H30N2O3/c1-18(2)17-29-22-14-8-6-12-20(22)23(27)25-21-13-7-5-11-19(21)24(28)26-15-9-3-4-10-16-26/h5-8,11-14,18H,3-4,9-10,15-17H2,1-2H3,(H,25,27). The fourth-order valence-corrected chi connectivity index (χ4v) is 3.45. The van der Waals surface area contributed by atoms with Crippen molar-refractivity contribution in [2.24, 2.45) is 5.92 Å². The summed E-state index contributed by atoms with van der Waals surface area (Å²) in [4.78, 5) is 28.0. The molecule has 0 bridgehead atoms. The van der Waals surface area contributed by atoms with Crippen LogP contribution in [0, 0.1) is 5.92 Å². The summed E-state index contributed by atoms with van der Waals surface area (Å²) < 4.78 is 5.81. The Morgan fingerprint density at radius 1 is 0.931 bits per heavy atom. The molecule has 1 saturated heterocycles. The fraction of sp³-hybridized carbons (Fsp3) is 0.417. The molecule has 1 heterocycles. The van der Waals surface area contributed by atoms with Crippen LogP contribution < -0.4 is 10.1 Å². The van der Waals surface area contributed by atoms with Gasteiger partial charge in [-0.1, -0.05) is 51.0 Å². The molecule has 5 heteroatoms. The monoisotopic (exact) mass is 394 g/mol. The second kappa shape index (κ2) is 10.1. The first-order valence-electron chi connectivity index (χ1n) is 10.5. The summed E-state index contributed by atoms with van der Waals surface area (Å²) in [5.41, 5.74) is 1.53. The Balaban J connectivity index is 1.79. The summed E-state index contributed by atoms with van der Waals surface area (Å²) in [6.07, 6.45) is 4.38. The van der Waals surface area contributed by atoms with Crippen molar-refractivity contribution in [3.05, 3.63) is 59.7 Å². The van der Waals surface area contributed by atoms with E-state index in [0.29, 0.717) is 35.1 Å². The van der Waals surface area contributed by atoms with Crippen LogP contribution in [0.1, 0.15) is 60.2 Å². The van der Waals surface area contributed by atoms with E-state index in [4.69, 9.17) is 4.74 Å². The van der Waals surface area contributed by atoms with Crippen LogP contribution in [0.15, 0.2) is 48.5 Å². The van der Waals surface area contributed by atoms with Gasteiger partial charge in [-0.25, -0.2) is 0 Å². The lowest BCUT2D eigenvalue weighted by Gasteiger charge is -2.22. The Kier molecular flexibility index (Phi) is 7.28. The lowest BCUT2D eigenvalue weighted by Crippen LogP contribution is -2.32. The number of hydrogen-bond donors (Lipinski definition) is 1. The first-order valence-corrected chi connectivity index (χ1v) is 10.5. The number of ether oxygens (including phenoxy) is 1. The third kappa shape index (κ3) is 5.59. The highest BCUT2D eigenvalue weighted by molar-refractivity contribution is 6.10. The van der Waals surface area contributed by atoms with Crippen LogP contribution in [0.4, 0.5) is 5.69 Å². The number of nitrogens with one attached hydrogen (secondary N) is 1. The number of para-hydroxylation sites is 2. The molecule has 1 fully saturated rings. The van der Waals surface area contributed by atoms with Crippen molar-refractivity contribution in [1.29, 1.82) is 0 Å². The van der Waals surface area contributed by atoms with Crippen LogP contribution in [-0.4, -0.2) is 36.4 Å². The van der Waals surface area contributed by atoms with E-state index in [1.807, 2.05) is 29.2 Å². The minimum absolute atomic E-state index is 0.0212. The third-order valence-electron chi connectivity index (χ3n) is 5.00. The first kappa shape index (κ1) is 20.9. The largest absolute Gasteiger partial charge is 0.492 e. The normalized spacial score (nSPS) is 14.4. The molecular formula is C24H30N2O3. The number of likely N-dealkylation sites (tertiary alicyclic amines) is 1. The van der Waals surface area contributed by atoms with Crippen molar-refractivity contribution < 1.29 is 14.3 Å². The summed E-state index contributed by atoms with van der Waals surface area (Å²) in [6, 6.07) is 14.4. The van der Waals surface area contributed by atoms with Crippen molar-refractivity contribution in [2.75, 3.05) is 25.0 Å². The topological polar surface area (TPSA) is 58.6 Å². The quantitative estimate of drug-likeness (QED) is 0.751. The highest BCUT2D eigenvalue weighted by Crippen LogP contribution is 2.24. The zero-order chi connectivity index (χ0) is 20.6. The van der Waals surface area contributed by atoms with Gasteiger partial charge in [-0.05, 0) is 43.0 Å². The Hall–Kier alpha value is -2.82. The Labute approximate surface area is 173 Å². The molecule has 0 radical (unpaired) electrons. The van der Waals surface area contributed by atoms with Gasteiger partial charge >= 0.3 is 0 Å². The number of amides is 2. The van der Waals surface area contributed by atoms with Crippen molar-refractivity contribution in [1.82, 2.24) is 4.90 Å². The predicted octanol–water partition coefficient (Wildman–Crippen LogP) is 4.99. The van der Waals surface area contributed by atoms with E-state index in [1.165, 1.54) is 0 Å². The molecule has 5 nitrogen and oxygen atoms in total. The summed E-state index contributed by atoms with van der Waals surface area (Å²) in [5, 5.41) is 2.92. The first-order chi connectivity index (χ1) is 14.1. The van der Waals surface area contributed by atoms with Gasteiger partial charge in [0.25, 0.3) is 11.8 Å². The number of anilines is 1. The maximum atomic E-state index is 13.1. The van der Waals surface area contributed by atoms with E-state index < -0.39 is 0 Å². The highest BCUT2D eigenvalue weighted by Gasteiger charge is 2.21. The van der Waals surface area contributed by atoms with Gasteiger partial charge < -0.3 is 15.0 Å². The maximum Gasteiger partial charge on any atom is 0.259 e. The smallest absolute Gasteiger partial charge is 0.259 e. The molecule has 2 aromatic rings. The van der Waals surface area contributed by atoms with Gasteiger partial charge in [-0.3, -0.25) is 9.59 Å². The zero-order valence-corrected chi connectivity index (χ0v) is 17.3. The molecule has 1 aliphatic rings. The number of benzene rings is 2. The van der Waals surface area contributed by atoms with Crippen molar-refractivity contribution in [3.63, 3.8) is 0 Å². The van der Waals surface area contributed by atoms with E-state index in [2.05, 4.69) is 19.2 Å². The van der Waals surface area contributed by atoms with E-state index in [9.17, 15) is 9.59 Å². The van der Waals surface area contributed by atoms with Crippen LogP contribution in [0.2, 0.25) is 0 Å². The van der Waals surface area contributed by atoms with E-state index in [-0.39, 0.29) is 11.8 Å². The maximum absolute atomic E-state index is 13.1. The lowest BCUT2D eigenvalue weighted by molar-refractivity contribution is 0.0762. The fourth-order valence-electron chi connectivity index (χ4n) is 3.45. The van der Waals surface area contributed by atoms with E-state index in [0.717, 1.165) is 38.8 Å². The molecule has 154 valence electrons. The molecule has 0 saturated carbocycles. The molecule has 29 heavy (non-hydrogen) atoms. The van der Waals surface area contributed by atoms with Crippen LogP contribution in [0.25, 0.3) is 0 Å².